The van der Waals surface area contributed by atoms with Crippen molar-refractivity contribution in [1.29, 1.82) is 0 Å². The van der Waals surface area contributed by atoms with Gasteiger partial charge in [-0.3, -0.25) is 4.79 Å². The maximum atomic E-state index is 12.1. The van der Waals surface area contributed by atoms with Crippen molar-refractivity contribution in [2.45, 2.75) is 50.3 Å². The quantitative estimate of drug-likeness (QED) is 0.613. The Morgan fingerprint density at radius 3 is 2.48 bits per heavy atom. The fraction of sp³-hybridized carbons (Fsp3) is 0.769. The Hall–Kier alpha value is -1.83. The molecule has 0 radical (unpaired) electrons. The Kier molecular flexibility index (Phi) is 6.41. The van der Waals surface area contributed by atoms with Gasteiger partial charge in [0.2, 0.25) is 0 Å². The number of nitrogens with zero attached hydrogens (tertiary/aromatic N) is 1. The van der Waals surface area contributed by atoms with Crippen LogP contribution in [0.5, 0.6) is 0 Å². The summed E-state index contributed by atoms with van der Waals surface area (Å²) in [6, 6.07) is -2.32. The standard InChI is InChI=1S/C13H22N2O6/c1-15(9-5-3-4-6-10(9)16)13(20)14-8(12(18)19)7-11(17)21-2/h8-10,16H,3-7H2,1-2H3,(H,14,20)(H,18,19)/t8-,9?,10?/m0/s1. The molecule has 21 heavy (non-hydrogen) atoms. The summed E-state index contributed by atoms with van der Waals surface area (Å²) in [5, 5.41) is 21.2. The average Bonchev–Trinajstić information content (AvgIpc) is 2.45. The van der Waals surface area contributed by atoms with Crippen LogP contribution in [-0.4, -0.2) is 65.4 Å². The van der Waals surface area contributed by atoms with E-state index in [1.807, 2.05) is 0 Å². The number of carboxylic acids is 1. The topological polar surface area (TPSA) is 116 Å². The van der Waals surface area contributed by atoms with Crippen molar-refractivity contribution in [3.63, 3.8) is 0 Å². The van der Waals surface area contributed by atoms with Crippen molar-refractivity contribution in [3.05, 3.63) is 0 Å². The maximum Gasteiger partial charge on any atom is 0.326 e. The van der Waals surface area contributed by atoms with E-state index in [0.717, 1.165) is 20.0 Å². The fourth-order valence-electron chi connectivity index (χ4n) is 2.40. The number of likely N-dealkylation sites (N-methyl/N-ethyl adjacent to an activating group) is 1. The predicted octanol–water partition coefficient (Wildman–Crippen LogP) is -0.0524. The molecule has 1 aliphatic rings. The van der Waals surface area contributed by atoms with Crippen molar-refractivity contribution in [2.24, 2.45) is 0 Å². The van der Waals surface area contributed by atoms with Gasteiger partial charge in [0.1, 0.15) is 6.04 Å². The molecule has 0 heterocycles. The van der Waals surface area contributed by atoms with E-state index in [0.29, 0.717) is 12.8 Å². The summed E-state index contributed by atoms with van der Waals surface area (Å²) >= 11 is 0. The lowest BCUT2D eigenvalue weighted by atomic mass is 9.92. The van der Waals surface area contributed by atoms with Crippen LogP contribution in [0.2, 0.25) is 0 Å². The molecule has 1 saturated carbocycles. The van der Waals surface area contributed by atoms with Crippen LogP contribution in [0.1, 0.15) is 32.1 Å². The number of aliphatic hydroxyl groups is 1. The molecular formula is C13H22N2O6. The lowest BCUT2D eigenvalue weighted by molar-refractivity contribution is -0.147. The monoisotopic (exact) mass is 302 g/mol. The van der Waals surface area contributed by atoms with Gasteiger partial charge < -0.3 is 25.2 Å². The minimum absolute atomic E-state index is 0.341. The van der Waals surface area contributed by atoms with Crippen LogP contribution in [0.3, 0.4) is 0 Å². The Morgan fingerprint density at radius 1 is 1.33 bits per heavy atom. The van der Waals surface area contributed by atoms with Crippen LogP contribution in [0.15, 0.2) is 0 Å². The molecule has 1 aliphatic carbocycles. The summed E-state index contributed by atoms with van der Waals surface area (Å²) in [6.45, 7) is 0. The van der Waals surface area contributed by atoms with Gasteiger partial charge in [-0.1, -0.05) is 12.8 Å². The van der Waals surface area contributed by atoms with E-state index in [-0.39, 0.29) is 6.04 Å². The average molecular weight is 302 g/mol. The number of urea groups is 1. The minimum Gasteiger partial charge on any atom is -0.480 e. The van der Waals surface area contributed by atoms with E-state index in [9.17, 15) is 19.5 Å². The van der Waals surface area contributed by atoms with Gasteiger partial charge in [0.15, 0.2) is 0 Å². The second kappa shape index (κ2) is 7.82. The van der Waals surface area contributed by atoms with Crippen LogP contribution in [-0.2, 0) is 14.3 Å². The highest BCUT2D eigenvalue weighted by atomic mass is 16.5. The number of aliphatic hydroxyl groups excluding tert-OH is 1. The molecule has 0 aromatic carbocycles. The molecule has 0 spiro atoms. The second-order valence-electron chi connectivity index (χ2n) is 5.15. The number of hydrogen-bond acceptors (Lipinski definition) is 5. The van der Waals surface area contributed by atoms with E-state index >= 15 is 0 Å². The SMILES string of the molecule is COC(=O)C[C@H](NC(=O)N(C)C1CCCCC1O)C(=O)O. The Morgan fingerprint density at radius 2 is 1.95 bits per heavy atom. The zero-order valence-corrected chi connectivity index (χ0v) is 12.2. The molecule has 1 rings (SSSR count). The van der Waals surface area contributed by atoms with Crippen molar-refractivity contribution in [3.8, 4) is 0 Å². The van der Waals surface area contributed by atoms with Crippen molar-refractivity contribution < 1.29 is 29.3 Å². The van der Waals surface area contributed by atoms with Gasteiger partial charge in [0.05, 0.1) is 25.7 Å². The molecule has 120 valence electrons. The molecule has 8 nitrogen and oxygen atoms in total. The Bertz CT molecular complexity index is 400. The van der Waals surface area contributed by atoms with E-state index in [1.165, 1.54) is 11.9 Å². The number of rotatable bonds is 5. The molecule has 3 N–H and O–H groups in total. The van der Waals surface area contributed by atoms with Crippen LogP contribution < -0.4 is 5.32 Å². The van der Waals surface area contributed by atoms with Crippen molar-refractivity contribution >= 4 is 18.0 Å². The van der Waals surface area contributed by atoms with Gasteiger partial charge in [0.25, 0.3) is 0 Å². The van der Waals surface area contributed by atoms with E-state index in [4.69, 9.17) is 5.11 Å². The first-order valence-corrected chi connectivity index (χ1v) is 6.87. The highest BCUT2D eigenvalue weighted by molar-refractivity contribution is 5.86. The lowest BCUT2D eigenvalue weighted by Crippen LogP contribution is -2.53. The number of carboxylic acid groups (broad SMARTS) is 1. The summed E-state index contributed by atoms with van der Waals surface area (Å²) in [5.74, 6) is -2.03. The number of ether oxygens (including phenoxy) is 1. The highest BCUT2D eigenvalue weighted by Crippen LogP contribution is 2.22. The largest absolute Gasteiger partial charge is 0.480 e. The van der Waals surface area contributed by atoms with Gasteiger partial charge in [0, 0.05) is 7.05 Å². The summed E-state index contributed by atoms with van der Waals surface area (Å²) in [6.07, 6.45) is 2.04. The van der Waals surface area contributed by atoms with E-state index in [1.54, 1.807) is 0 Å². The third-order valence-electron chi connectivity index (χ3n) is 3.71. The first kappa shape index (κ1) is 17.2. The second-order valence-corrected chi connectivity index (χ2v) is 5.15. The van der Waals surface area contributed by atoms with E-state index in [2.05, 4.69) is 10.1 Å². The maximum absolute atomic E-state index is 12.1. The Labute approximate surface area is 123 Å². The van der Waals surface area contributed by atoms with Crippen LogP contribution >= 0.6 is 0 Å². The zero-order valence-electron chi connectivity index (χ0n) is 12.2. The van der Waals surface area contributed by atoms with Crippen molar-refractivity contribution in [1.82, 2.24) is 10.2 Å². The third kappa shape index (κ3) is 4.89. The molecule has 1 fully saturated rings. The number of carbonyl (C=O) groups excluding carboxylic acids is 2. The molecule has 8 heteroatoms. The van der Waals surface area contributed by atoms with E-state index < -0.39 is 36.5 Å². The Balaban J connectivity index is 2.63. The normalized spacial score (nSPS) is 23.0. The molecule has 2 unspecified atom stereocenters. The molecule has 0 saturated heterocycles. The zero-order chi connectivity index (χ0) is 16.0. The minimum atomic E-state index is -1.35. The fourth-order valence-corrected chi connectivity index (χ4v) is 2.40. The van der Waals surface area contributed by atoms with Crippen LogP contribution in [0.25, 0.3) is 0 Å². The first-order chi connectivity index (χ1) is 9.86. The first-order valence-electron chi connectivity index (χ1n) is 6.87. The van der Waals surface area contributed by atoms with Gasteiger partial charge in [-0.2, -0.15) is 0 Å². The van der Waals surface area contributed by atoms with Gasteiger partial charge in [-0.15, -0.1) is 0 Å². The lowest BCUT2D eigenvalue weighted by Gasteiger charge is -2.35. The number of esters is 1. The molecule has 3 atom stereocenters. The van der Waals surface area contributed by atoms with Crippen LogP contribution in [0, 0.1) is 0 Å². The number of aliphatic carboxylic acids is 1. The summed E-state index contributed by atoms with van der Waals surface area (Å²) in [5.41, 5.74) is 0. The molecular weight excluding hydrogens is 280 g/mol. The van der Waals surface area contributed by atoms with Crippen molar-refractivity contribution in [2.75, 3.05) is 14.2 Å². The smallest absolute Gasteiger partial charge is 0.326 e. The number of nitrogens with one attached hydrogen (secondary N) is 1. The molecule has 0 aromatic rings. The summed E-state index contributed by atoms with van der Waals surface area (Å²) < 4.78 is 4.40. The molecule has 0 bridgehead atoms. The number of methoxy groups -OCH3 is 1. The number of carbonyl (C=O) groups is 3. The third-order valence-corrected chi connectivity index (χ3v) is 3.71. The number of hydrogen-bond donors (Lipinski definition) is 3. The summed E-state index contributed by atoms with van der Waals surface area (Å²) in [7, 11) is 2.65. The summed E-state index contributed by atoms with van der Waals surface area (Å²) in [4.78, 5) is 35.6. The van der Waals surface area contributed by atoms with Gasteiger partial charge >= 0.3 is 18.0 Å². The van der Waals surface area contributed by atoms with Gasteiger partial charge in [-0.05, 0) is 12.8 Å². The van der Waals surface area contributed by atoms with Gasteiger partial charge in [-0.25, -0.2) is 9.59 Å². The number of amides is 2. The highest BCUT2D eigenvalue weighted by Gasteiger charge is 2.32. The molecule has 0 aliphatic heterocycles. The van der Waals surface area contributed by atoms with Crippen LogP contribution in [0.4, 0.5) is 4.79 Å². The predicted molar refractivity (Wildman–Crippen MR) is 72.6 cm³/mol. The molecule has 2 amide bonds. The molecule has 0 aromatic heterocycles.